The summed E-state index contributed by atoms with van der Waals surface area (Å²) in [6.07, 6.45) is -0.275. The lowest BCUT2D eigenvalue weighted by Crippen LogP contribution is -2.41. The van der Waals surface area contributed by atoms with Crippen molar-refractivity contribution in [3.63, 3.8) is 0 Å². The van der Waals surface area contributed by atoms with Crippen molar-refractivity contribution in [1.82, 2.24) is 0 Å². The van der Waals surface area contributed by atoms with Crippen LogP contribution in [0.3, 0.4) is 0 Å². The quantitative estimate of drug-likeness (QED) is 0.739. The Morgan fingerprint density at radius 3 is 1.92 bits per heavy atom. The zero-order valence-electron chi connectivity index (χ0n) is 6.70. The number of hydrogen-bond acceptors (Lipinski definition) is 3. The molecule has 0 spiro atoms. The van der Waals surface area contributed by atoms with Gasteiger partial charge < -0.3 is 9.47 Å². The monoisotopic (exact) mass is 238 g/mol. The van der Waals surface area contributed by atoms with Crippen molar-refractivity contribution < 1.29 is 9.47 Å². The Bertz CT molecular complexity index is 263. The van der Waals surface area contributed by atoms with Crippen molar-refractivity contribution in [2.45, 2.75) is 12.2 Å². The standard InChI is InChI=1S/C8H8Cl2O2S/c9-1-5-6(2-10)12-8-4-13-3-7(8)11-5/h3-6H,1-2H2. The van der Waals surface area contributed by atoms with Crippen LogP contribution < -0.4 is 9.47 Å². The Balaban J connectivity index is 2.20. The summed E-state index contributed by atoms with van der Waals surface area (Å²) in [6.45, 7) is 0. The molecule has 1 aromatic rings. The van der Waals surface area contributed by atoms with Gasteiger partial charge in [0.2, 0.25) is 0 Å². The fourth-order valence-electron chi connectivity index (χ4n) is 1.19. The average Bonchev–Trinajstić information content (AvgIpc) is 2.62. The van der Waals surface area contributed by atoms with Crippen molar-refractivity contribution >= 4 is 34.5 Å². The van der Waals surface area contributed by atoms with Crippen molar-refractivity contribution in [3.8, 4) is 11.5 Å². The van der Waals surface area contributed by atoms with Crippen molar-refractivity contribution in [1.29, 1.82) is 0 Å². The highest BCUT2D eigenvalue weighted by molar-refractivity contribution is 7.08. The molecule has 0 aliphatic carbocycles. The molecule has 0 amide bonds. The first-order chi connectivity index (χ1) is 6.35. The number of hydrogen-bond donors (Lipinski definition) is 0. The van der Waals surface area contributed by atoms with Gasteiger partial charge in [-0.15, -0.1) is 34.5 Å². The smallest absolute Gasteiger partial charge is 0.172 e. The van der Waals surface area contributed by atoms with Crippen LogP contribution in [0.1, 0.15) is 0 Å². The van der Waals surface area contributed by atoms with E-state index in [-0.39, 0.29) is 12.2 Å². The fourth-order valence-corrected chi connectivity index (χ4v) is 2.37. The SMILES string of the molecule is ClCC1Oc2cscc2OC1CCl. The first kappa shape index (κ1) is 9.44. The van der Waals surface area contributed by atoms with Gasteiger partial charge in [0.15, 0.2) is 23.7 Å². The molecule has 0 saturated carbocycles. The Labute approximate surface area is 90.4 Å². The minimum atomic E-state index is -0.138. The molecule has 0 aromatic carbocycles. The van der Waals surface area contributed by atoms with Gasteiger partial charge in [-0.1, -0.05) is 0 Å². The Hall–Kier alpha value is -0.120. The molecule has 2 unspecified atom stereocenters. The fraction of sp³-hybridized carbons (Fsp3) is 0.500. The van der Waals surface area contributed by atoms with Crippen LogP contribution in [0.15, 0.2) is 10.8 Å². The maximum atomic E-state index is 5.73. The van der Waals surface area contributed by atoms with Crippen LogP contribution in [0.25, 0.3) is 0 Å². The molecule has 1 aliphatic heterocycles. The Kier molecular flexibility index (Phi) is 2.86. The number of rotatable bonds is 2. The Morgan fingerprint density at radius 2 is 1.54 bits per heavy atom. The van der Waals surface area contributed by atoms with Gasteiger partial charge in [-0.25, -0.2) is 0 Å². The van der Waals surface area contributed by atoms with Gasteiger partial charge >= 0.3 is 0 Å². The summed E-state index contributed by atoms with van der Waals surface area (Å²) in [5.41, 5.74) is 0. The molecule has 2 nitrogen and oxygen atoms in total. The van der Waals surface area contributed by atoms with E-state index >= 15 is 0 Å². The molecule has 5 heteroatoms. The van der Waals surface area contributed by atoms with Gasteiger partial charge in [-0.2, -0.15) is 0 Å². The van der Waals surface area contributed by atoms with Gasteiger partial charge in [0.05, 0.1) is 11.8 Å². The lowest BCUT2D eigenvalue weighted by molar-refractivity contribution is 0.0483. The predicted octanol–water partition coefficient (Wildman–Crippen LogP) is 2.73. The molecular weight excluding hydrogens is 231 g/mol. The molecule has 2 rings (SSSR count). The lowest BCUT2D eigenvalue weighted by atomic mass is 10.2. The van der Waals surface area contributed by atoms with Gasteiger partial charge in [-0.3, -0.25) is 0 Å². The summed E-state index contributed by atoms with van der Waals surface area (Å²) < 4.78 is 11.2. The molecule has 2 atom stereocenters. The van der Waals surface area contributed by atoms with E-state index in [1.165, 1.54) is 0 Å². The molecule has 0 N–H and O–H groups in total. The zero-order chi connectivity index (χ0) is 9.26. The minimum Gasteiger partial charge on any atom is -0.480 e. The van der Waals surface area contributed by atoms with Crippen molar-refractivity contribution in [2.75, 3.05) is 11.8 Å². The average molecular weight is 239 g/mol. The predicted molar refractivity (Wildman–Crippen MR) is 54.6 cm³/mol. The van der Waals surface area contributed by atoms with Crippen LogP contribution in [0.5, 0.6) is 11.5 Å². The molecule has 0 radical (unpaired) electrons. The molecule has 1 aromatic heterocycles. The van der Waals surface area contributed by atoms with Gasteiger partial charge in [0, 0.05) is 10.8 Å². The first-order valence-electron chi connectivity index (χ1n) is 3.86. The van der Waals surface area contributed by atoms with E-state index in [2.05, 4.69) is 0 Å². The van der Waals surface area contributed by atoms with E-state index in [1.54, 1.807) is 11.3 Å². The van der Waals surface area contributed by atoms with Crippen molar-refractivity contribution in [2.24, 2.45) is 0 Å². The van der Waals surface area contributed by atoms with E-state index in [0.29, 0.717) is 11.8 Å². The highest BCUT2D eigenvalue weighted by Crippen LogP contribution is 2.37. The third kappa shape index (κ3) is 1.73. The normalized spacial score (nSPS) is 26.0. The Morgan fingerprint density at radius 1 is 1.08 bits per heavy atom. The molecular formula is C8H8Cl2O2S. The van der Waals surface area contributed by atoms with Crippen LogP contribution in [0.4, 0.5) is 0 Å². The second-order valence-corrected chi connectivity index (χ2v) is 4.08. The van der Waals surface area contributed by atoms with Gasteiger partial charge in [0.1, 0.15) is 0 Å². The molecule has 72 valence electrons. The lowest BCUT2D eigenvalue weighted by Gasteiger charge is -2.30. The third-order valence-corrected chi connectivity index (χ3v) is 3.18. The van der Waals surface area contributed by atoms with Gasteiger partial charge in [0.25, 0.3) is 0 Å². The maximum absolute atomic E-state index is 5.73. The van der Waals surface area contributed by atoms with Crippen LogP contribution in [-0.4, -0.2) is 24.0 Å². The molecule has 2 heterocycles. The second kappa shape index (κ2) is 3.95. The van der Waals surface area contributed by atoms with E-state index in [1.807, 2.05) is 10.8 Å². The summed E-state index contributed by atoms with van der Waals surface area (Å²) in [6, 6.07) is 0. The number of thiophene rings is 1. The first-order valence-corrected chi connectivity index (χ1v) is 5.87. The van der Waals surface area contributed by atoms with Crippen LogP contribution >= 0.6 is 34.5 Å². The number of halogens is 2. The number of alkyl halides is 2. The number of ether oxygens (including phenoxy) is 2. The summed E-state index contributed by atoms with van der Waals surface area (Å²) in [5, 5.41) is 3.80. The molecule has 13 heavy (non-hydrogen) atoms. The molecule has 0 saturated heterocycles. The maximum Gasteiger partial charge on any atom is 0.172 e. The van der Waals surface area contributed by atoms with Crippen LogP contribution in [-0.2, 0) is 0 Å². The third-order valence-electron chi connectivity index (χ3n) is 1.87. The van der Waals surface area contributed by atoms with E-state index < -0.39 is 0 Å². The molecule has 0 fully saturated rings. The van der Waals surface area contributed by atoms with Gasteiger partial charge in [-0.05, 0) is 0 Å². The molecule has 0 bridgehead atoms. The topological polar surface area (TPSA) is 18.5 Å². The van der Waals surface area contributed by atoms with Crippen molar-refractivity contribution in [3.05, 3.63) is 10.8 Å². The largest absolute Gasteiger partial charge is 0.480 e. The summed E-state index contributed by atoms with van der Waals surface area (Å²) in [5.74, 6) is 2.34. The molecule has 1 aliphatic rings. The summed E-state index contributed by atoms with van der Waals surface area (Å²) in [4.78, 5) is 0. The highest BCUT2D eigenvalue weighted by atomic mass is 35.5. The second-order valence-electron chi connectivity index (χ2n) is 2.72. The summed E-state index contributed by atoms with van der Waals surface area (Å²) in [7, 11) is 0. The highest BCUT2D eigenvalue weighted by Gasteiger charge is 2.30. The minimum absolute atomic E-state index is 0.138. The summed E-state index contributed by atoms with van der Waals surface area (Å²) >= 11 is 13.0. The van der Waals surface area contributed by atoms with Crippen LogP contribution in [0.2, 0.25) is 0 Å². The number of fused-ring (bicyclic) bond motifs is 1. The van der Waals surface area contributed by atoms with E-state index in [9.17, 15) is 0 Å². The van der Waals surface area contributed by atoms with E-state index in [0.717, 1.165) is 11.5 Å². The zero-order valence-corrected chi connectivity index (χ0v) is 9.03. The van der Waals surface area contributed by atoms with Crippen LogP contribution in [0, 0.1) is 0 Å². The van der Waals surface area contributed by atoms with E-state index in [4.69, 9.17) is 32.7 Å².